The molecule has 88 valence electrons. The van der Waals surface area contributed by atoms with Crippen molar-refractivity contribution in [2.75, 3.05) is 36.2 Å². The third-order valence-corrected chi connectivity index (χ3v) is 5.06. The Kier molecular flexibility index (Phi) is 4.59. The Hall–Kier alpha value is -0.620. The van der Waals surface area contributed by atoms with Gasteiger partial charge in [0.1, 0.15) is 0 Å². The molecule has 2 rings (SSSR count). The lowest BCUT2D eigenvalue weighted by molar-refractivity contribution is 0.397. The zero-order chi connectivity index (χ0) is 11.2. The van der Waals surface area contributed by atoms with Crippen molar-refractivity contribution in [2.24, 2.45) is 0 Å². The molecule has 1 atom stereocenters. The van der Waals surface area contributed by atoms with Crippen LogP contribution in [-0.4, -0.2) is 46.1 Å². The highest BCUT2D eigenvalue weighted by Gasteiger charge is 2.14. The van der Waals surface area contributed by atoms with E-state index < -0.39 is 0 Å². The first-order valence-electron chi connectivity index (χ1n) is 5.19. The van der Waals surface area contributed by atoms with Crippen LogP contribution in [0.5, 0.6) is 5.88 Å². The van der Waals surface area contributed by atoms with Crippen molar-refractivity contribution >= 4 is 29.5 Å². The molecule has 0 aromatic carbocycles. The van der Waals surface area contributed by atoms with Crippen LogP contribution in [0.3, 0.4) is 0 Å². The summed E-state index contributed by atoms with van der Waals surface area (Å²) in [4.78, 5) is 8.37. The number of hydrogen-bond donors (Lipinski definition) is 1. The minimum atomic E-state index is 0.600. The van der Waals surface area contributed by atoms with Crippen LogP contribution in [0.25, 0.3) is 0 Å². The summed E-state index contributed by atoms with van der Waals surface area (Å²) < 4.78 is 5.05. The summed E-state index contributed by atoms with van der Waals surface area (Å²) in [5.74, 6) is 4.98. The number of rotatable bonds is 4. The molecule has 0 aliphatic carbocycles. The molecule has 1 aromatic rings. The highest BCUT2D eigenvalue weighted by Crippen LogP contribution is 2.23. The van der Waals surface area contributed by atoms with E-state index >= 15 is 0 Å². The minimum absolute atomic E-state index is 0.600. The van der Waals surface area contributed by atoms with Crippen molar-refractivity contribution in [3.05, 3.63) is 12.3 Å². The standard InChI is InChI=1S/C10H15N3OS2/c1-14-9-2-3-11-10(13-9)12-6-8-7-15-4-5-16-8/h2-3,8H,4-7H2,1H3,(H,11,12,13). The number of aromatic nitrogens is 2. The quantitative estimate of drug-likeness (QED) is 0.886. The molecule has 0 radical (unpaired) electrons. The second-order valence-electron chi connectivity index (χ2n) is 3.37. The molecule has 2 heterocycles. The molecule has 0 spiro atoms. The molecule has 4 nitrogen and oxygen atoms in total. The van der Waals surface area contributed by atoms with Gasteiger partial charge >= 0.3 is 0 Å². The van der Waals surface area contributed by atoms with Crippen LogP contribution < -0.4 is 10.1 Å². The first-order valence-corrected chi connectivity index (χ1v) is 7.39. The lowest BCUT2D eigenvalue weighted by atomic mass is 10.4. The number of ether oxygens (including phenoxy) is 1. The molecule has 1 saturated heterocycles. The normalized spacial score (nSPS) is 20.4. The van der Waals surface area contributed by atoms with E-state index in [0.717, 1.165) is 6.54 Å². The number of nitrogens with one attached hydrogen (secondary N) is 1. The summed E-state index contributed by atoms with van der Waals surface area (Å²) in [7, 11) is 1.61. The molecule has 1 aliphatic rings. The molecule has 0 bridgehead atoms. The van der Waals surface area contributed by atoms with Crippen molar-refractivity contribution in [3.63, 3.8) is 0 Å². The molecular formula is C10H15N3OS2. The second-order valence-corrected chi connectivity index (χ2v) is 5.93. The average molecular weight is 257 g/mol. The van der Waals surface area contributed by atoms with Gasteiger partial charge in [0.25, 0.3) is 0 Å². The Morgan fingerprint density at radius 2 is 2.50 bits per heavy atom. The third-order valence-electron chi connectivity index (χ3n) is 2.21. The van der Waals surface area contributed by atoms with E-state index in [1.807, 2.05) is 23.5 Å². The number of thioether (sulfide) groups is 2. The molecule has 16 heavy (non-hydrogen) atoms. The van der Waals surface area contributed by atoms with Gasteiger partial charge in [-0.2, -0.15) is 28.5 Å². The predicted molar refractivity (Wildman–Crippen MR) is 70.6 cm³/mol. The van der Waals surface area contributed by atoms with Crippen LogP contribution in [0.1, 0.15) is 0 Å². The Morgan fingerprint density at radius 1 is 1.56 bits per heavy atom. The molecule has 1 aromatic heterocycles. The molecule has 1 aliphatic heterocycles. The average Bonchev–Trinajstić information content (AvgIpc) is 2.38. The van der Waals surface area contributed by atoms with Crippen molar-refractivity contribution in [2.45, 2.75) is 5.25 Å². The fraction of sp³-hybridized carbons (Fsp3) is 0.600. The van der Waals surface area contributed by atoms with E-state index in [4.69, 9.17) is 4.74 Å². The third kappa shape index (κ3) is 3.45. The van der Waals surface area contributed by atoms with Gasteiger partial charge in [-0.15, -0.1) is 0 Å². The smallest absolute Gasteiger partial charge is 0.225 e. The minimum Gasteiger partial charge on any atom is -0.481 e. The SMILES string of the molecule is COc1ccnc(NCC2CSCCS2)n1. The van der Waals surface area contributed by atoms with E-state index in [1.165, 1.54) is 17.3 Å². The van der Waals surface area contributed by atoms with Crippen LogP contribution >= 0.6 is 23.5 Å². The highest BCUT2D eigenvalue weighted by atomic mass is 32.2. The summed E-state index contributed by atoms with van der Waals surface area (Å²) in [6.07, 6.45) is 1.71. The van der Waals surface area contributed by atoms with E-state index in [2.05, 4.69) is 15.3 Å². The summed E-state index contributed by atoms with van der Waals surface area (Å²) in [6, 6.07) is 1.75. The van der Waals surface area contributed by atoms with Crippen LogP contribution in [0.4, 0.5) is 5.95 Å². The van der Waals surface area contributed by atoms with Crippen molar-refractivity contribution in [1.82, 2.24) is 9.97 Å². The molecular weight excluding hydrogens is 242 g/mol. The molecule has 0 saturated carbocycles. The van der Waals surface area contributed by atoms with Crippen LogP contribution in [0, 0.1) is 0 Å². The Labute approximate surface area is 104 Å². The van der Waals surface area contributed by atoms with Gasteiger partial charge < -0.3 is 10.1 Å². The first-order chi connectivity index (χ1) is 7.88. The van der Waals surface area contributed by atoms with Gasteiger partial charge in [0.2, 0.25) is 11.8 Å². The summed E-state index contributed by atoms with van der Waals surface area (Å²) >= 11 is 4.04. The van der Waals surface area contributed by atoms with Gasteiger partial charge in [-0.25, -0.2) is 4.98 Å². The van der Waals surface area contributed by atoms with E-state index in [1.54, 1.807) is 19.4 Å². The van der Waals surface area contributed by atoms with Gasteiger partial charge in [-0.1, -0.05) is 0 Å². The van der Waals surface area contributed by atoms with Gasteiger partial charge in [0, 0.05) is 41.3 Å². The van der Waals surface area contributed by atoms with Gasteiger partial charge in [-0.05, 0) is 0 Å². The number of nitrogens with zero attached hydrogens (tertiary/aromatic N) is 2. The van der Waals surface area contributed by atoms with Crippen LogP contribution in [0.2, 0.25) is 0 Å². The maximum absolute atomic E-state index is 5.05. The van der Waals surface area contributed by atoms with Gasteiger partial charge in [0.05, 0.1) is 7.11 Å². The van der Waals surface area contributed by atoms with Gasteiger partial charge in [-0.3, -0.25) is 0 Å². The van der Waals surface area contributed by atoms with Crippen molar-refractivity contribution in [3.8, 4) is 5.88 Å². The lowest BCUT2D eigenvalue weighted by Gasteiger charge is -2.21. The van der Waals surface area contributed by atoms with E-state index in [0.29, 0.717) is 17.1 Å². The summed E-state index contributed by atoms with van der Waals surface area (Å²) in [5, 5.41) is 3.91. The first kappa shape index (κ1) is 11.9. The number of anilines is 1. The van der Waals surface area contributed by atoms with Crippen molar-refractivity contribution < 1.29 is 4.74 Å². The fourth-order valence-electron chi connectivity index (χ4n) is 1.40. The number of methoxy groups -OCH3 is 1. The zero-order valence-electron chi connectivity index (χ0n) is 9.18. The maximum Gasteiger partial charge on any atom is 0.225 e. The highest BCUT2D eigenvalue weighted by molar-refractivity contribution is 8.06. The predicted octanol–water partition coefficient (Wildman–Crippen LogP) is 1.75. The summed E-state index contributed by atoms with van der Waals surface area (Å²) in [6.45, 7) is 0.921. The monoisotopic (exact) mass is 257 g/mol. The zero-order valence-corrected chi connectivity index (χ0v) is 10.8. The topological polar surface area (TPSA) is 47.0 Å². The van der Waals surface area contributed by atoms with Crippen LogP contribution in [0.15, 0.2) is 12.3 Å². The van der Waals surface area contributed by atoms with Crippen molar-refractivity contribution in [1.29, 1.82) is 0 Å². The van der Waals surface area contributed by atoms with Crippen LogP contribution in [-0.2, 0) is 0 Å². The second kappa shape index (κ2) is 6.20. The maximum atomic E-state index is 5.05. The Morgan fingerprint density at radius 3 is 3.25 bits per heavy atom. The molecule has 6 heteroatoms. The fourth-order valence-corrected chi connectivity index (χ4v) is 4.01. The largest absolute Gasteiger partial charge is 0.481 e. The van der Waals surface area contributed by atoms with E-state index in [-0.39, 0.29) is 0 Å². The number of hydrogen-bond acceptors (Lipinski definition) is 6. The molecule has 0 amide bonds. The van der Waals surface area contributed by atoms with E-state index in [9.17, 15) is 0 Å². The van der Waals surface area contributed by atoms with Gasteiger partial charge in [0.15, 0.2) is 0 Å². The molecule has 1 N–H and O–H groups in total. The Bertz CT molecular complexity index is 332. The Balaban J connectivity index is 1.83. The lowest BCUT2D eigenvalue weighted by Crippen LogP contribution is -2.23. The summed E-state index contributed by atoms with van der Waals surface area (Å²) in [5.41, 5.74) is 0. The molecule has 1 unspecified atom stereocenters. The molecule has 1 fully saturated rings.